The fourth-order valence-electron chi connectivity index (χ4n) is 8.31. The Kier molecular flexibility index (Phi) is 5.99. The molecular formula is C49H29NO. The van der Waals surface area contributed by atoms with E-state index in [0.717, 1.165) is 39.1 Å². The first-order valence-corrected chi connectivity index (χ1v) is 17.5. The summed E-state index contributed by atoms with van der Waals surface area (Å²) in [6, 6.07) is 63.1. The van der Waals surface area contributed by atoms with E-state index in [1.54, 1.807) is 0 Å². The van der Waals surface area contributed by atoms with E-state index in [1.165, 1.54) is 70.4 Å². The maximum absolute atomic E-state index is 6.74. The highest BCUT2D eigenvalue weighted by molar-refractivity contribution is 6.29. The molecule has 11 rings (SSSR count). The van der Waals surface area contributed by atoms with Crippen LogP contribution in [-0.2, 0) is 0 Å². The molecule has 0 amide bonds. The van der Waals surface area contributed by atoms with Crippen molar-refractivity contribution in [1.29, 1.82) is 0 Å². The van der Waals surface area contributed by atoms with Crippen LogP contribution in [0.5, 0.6) is 0 Å². The number of rotatable bonds is 3. The molecule has 11 aromatic rings. The minimum Gasteiger partial charge on any atom is -0.455 e. The predicted molar refractivity (Wildman–Crippen MR) is 215 cm³/mol. The van der Waals surface area contributed by atoms with Crippen LogP contribution in [0, 0.1) is 0 Å². The molecular weight excluding hydrogens is 619 g/mol. The van der Waals surface area contributed by atoms with E-state index in [0.29, 0.717) is 0 Å². The summed E-state index contributed by atoms with van der Waals surface area (Å²) < 4.78 is 6.74. The molecule has 0 saturated heterocycles. The zero-order chi connectivity index (χ0) is 33.5. The second-order valence-corrected chi connectivity index (χ2v) is 13.4. The third kappa shape index (κ3) is 4.20. The van der Waals surface area contributed by atoms with Crippen LogP contribution in [-0.4, -0.2) is 4.98 Å². The number of aromatic nitrogens is 1. The van der Waals surface area contributed by atoms with Crippen LogP contribution in [0.4, 0.5) is 0 Å². The molecule has 0 fully saturated rings. The van der Waals surface area contributed by atoms with Crippen molar-refractivity contribution in [3.05, 3.63) is 176 Å². The molecule has 51 heavy (non-hydrogen) atoms. The van der Waals surface area contributed by atoms with Crippen molar-refractivity contribution >= 4 is 75.9 Å². The number of furan rings is 1. The van der Waals surface area contributed by atoms with Crippen molar-refractivity contribution < 1.29 is 4.42 Å². The van der Waals surface area contributed by atoms with Crippen molar-refractivity contribution in [2.75, 3.05) is 0 Å². The number of pyridine rings is 1. The van der Waals surface area contributed by atoms with Crippen molar-refractivity contribution in [3.8, 4) is 33.5 Å². The second-order valence-electron chi connectivity index (χ2n) is 13.4. The van der Waals surface area contributed by atoms with Gasteiger partial charge in [0.15, 0.2) is 0 Å². The van der Waals surface area contributed by atoms with E-state index >= 15 is 0 Å². The fraction of sp³-hybridized carbons (Fsp3) is 0. The van der Waals surface area contributed by atoms with E-state index in [-0.39, 0.29) is 0 Å². The predicted octanol–water partition coefficient (Wildman–Crippen LogP) is 13.7. The van der Waals surface area contributed by atoms with E-state index in [9.17, 15) is 0 Å². The van der Waals surface area contributed by atoms with Gasteiger partial charge in [-0.15, -0.1) is 0 Å². The van der Waals surface area contributed by atoms with Gasteiger partial charge in [-0.2, -0.15) is 0 Å². The average molecular weight is 648 g/mol. The summed E-state index contributed by atoms with van der Waals surface area (Å²) in [5, 5.41) is 13.2. The lowest BCUT2D eigenvalue weighted by molar-refractivity contribution is 0.670. The third-order valence-electron chi connectivity index (χ3n) is 10.6. The number of benzene rings is 9. The minimum atomic E-state index is 0.916. The Labute approximate surface area is 293 Å². The van der Waals surface area contributed by atoms with Crippen LogP contribution in [0.3, 0.4) is 0 Å². The maximum atomic E-state index is 6.74. The van der Waals surface area contributed by atoms with E-state index < -0.39 is 0 Å². The molecule has 0 aliphatic heterocycles. The highest BCUT2D eigenvalue weighted by Gasteiger charge is 2.19. The number of hydrogen-bond acceptors (Lipinski definition) is 2. The zero-order valence-electron chi connectivity index (χ0n) is 27.6. The molecule has 0 bridgehead atoms. The monoisotopic (exact) mass is 647 g/mol. The molecule has 0 spiro atoms. The lowest BCUT2D eigenvalue weighted by Gasteiger charge is -2.15. The van der Waals surface area contributed by atoms with Crippen LogP contribution >= 0.6 is 0 Å². The number of nitrogens with zero attached hydrogens (tertiary/aromatic N) is 1. The van der Waals surface area contributed by atoms with Gasteiger partial charge in [-0.1, -0.05) is 158 Å². The fourth-order valence-corrected chi connectivity index (χ4v) is 8.31. The van der Waals surface area contributed by atoms with Gasteiger partial charge in [-0.3, -0.25) is 0 Å². The van der Waals surface area contributed by atoms with Gasteiger partial charge in [-0.25, -0.2) is 4.98 Å². The molecule has 2 aromatic heterocycles. The third-order valence-corrected chi connectivity index (χ3v) is 10.6. The van der Waals surface area contributed by atoms with Gasteiger partial charge in [0.1, 0.15) is 11.2 Å². The molecule has 0 radical (unpaired) electrons. The van der Waals surface area contributed by atoms with Gasteiger partial charge in [0.05, 0.1) is 11.2 Å². The summed E-state index contributed by atoms with van der Waals surface area (Å²) in [5.74, 6) is 0. The smallest absolute Gasteiger partial charge is 0.143 e. The molecule has 0 unspecified atom stereocenters. The Hall–Kier alpha value is -6.77. The summed E-state index contributed by atoms with van der Waals surface area (Å²) in [4.78, 5) is 5.16. The molecule has 9 aromatic carbocycles. The molecule has 0 saturated carbocycles. The Morgan fingerprint density at radius 2 is 1.00 bits per heavy atom. The molecule has 0 aliphatic rings. The molecule has 2 heteroatoms. The molecule has 0 N–H and O–H groups in total. The minimum absolute atomic E-state index is 0.916. The van der Waals surface area contributed by atoms with Gasteiger partial charge < -0.3 is 4.42 Å². The first-order chi connectivity index (χ1) is 25.3. The highest BCUT2D eigenvalue weighted by atomic mass is 16.3. The van der Waals surface area contributed by atoms with Crippen molar-refractivity contribution in [1.82, 2.24) is 4.98 Å². The normalized spacial score (nSPS) is 11.9. The Bertz CT molecular complexity index is 3170. The quantitative estimate of drug-likeness (QED) is 0.178. The van der Waals surface area contributed by atoms with Gasteiger partial charge >= 0.3 is 0 Å². The lowest BCUT2D eigenvalue weighted by Crippen LogP contribution is -1.91. The second kappa shape index (κ2) is 10.9. The van der Waals surface area contributed by atoms with Gasteiger partial charge in [-0.05, 0) is 67.2 Å². The van der Waals surface area contributed by atoms with Gasteiger partial charge in [0.25, 0.3) is 0 Å². The average Bonchev–Trinajstić information content (AvgIpc) is 3.61. The van der Waals surface area contributed by atoms with Crippen LogP contribution in [0.2, 0.25) is 0 Å². The lowest BCUT2D eigenvalue weighted by atomic mass is 9.90. The first kappa shape index (κ1) is 28.1. The van der Waals surface area contributed by atoms with Crippen LogP contribution in [0.1, 0.15) is 0 Å². The van der Waals surface area contributed by atoms with Crippen molar-refractivity contribution in [3.63, 3.8) is 0 Å². The van der Waals surface area contributed by atoms with E-state index in [2.05, 4.69) is 176 Å². The highest BCUT2D eigenvalue weighted by Crippen LogP contribution is 2.44. The molecule has 2 heterocycles. The SMILES string of the molecule is c1ccc(-c2nc3ccccc3c3c2ccc2c(-c4ccc(-c5cc6ccccc6c6c5oc5ccc7ccccc7c56)cc4)cccc23)cc1. The summed E-state index contributed by atoms with van der Waals surface area (Å²) in [7, 11) is 0. The van der Waals surface area contributed by atoms with Crippen molar-refractivity contribution in [2.24, 2.45) is 0 Å². The van der Waals surface area contributed by atoms with Crippen LogP contribution in [0.15, 0.2) is 180 Å². The van der Waals surface area contributed by atoms with E-state index in [1.807, 2.05) is 0 Å². The van der Waals surface area contributed by atoms with Gasteiger partial charge in [0.2, 0.25) is 0 Å². The van der Waals surface area contributed by atoms with Gasteiger partial charge in [0, 0.05) is 38.1 Å². The number of hydrogen-bond donors (Lipinski definition) is 0. The summed E-state index contributed by atoms with van der Waals surface area (Å²) in [6.07, 6.45) is 0. The Morgan fingerprint density at radius 1 is 0.353 bits per heavy atom. The molecule has 0 atom stereocenters. The summed E-state index contributed by atoms with van der Waals surface area (Å²) in [5.41, 5.74) is 9.62. The maximum Gasteiger partial charge on any atom is 0.143 e. The Morgan fingerprint density at radius 3 is 1.82 bits per heavy atom. The number of fused-ring (bicyclic) bond motifs is 12. The topological polar surface area (TPSA) is 26.0 Å². The molecule has 236 valence electrons. The standard InChI is InChI=1S/C49H29NO/c1-2-12-33(13-3-1)48-41-27-26-38-35(18-10-19-39(38)45(41)40-17-8-9-20-43(40)50-48)31-21-23-32(24-22-31)42-29-34-14-5-7-16-37(34)47-46-36-15-6-4-11-30(36)25-28-44(46)51-49(42)47/h1-29H. The molecule has 2 nitrogen and oxygen atoms in total. The summed E-state index contributed by atoms with van der Waals surface area (Å²) in [6.45, 7) is 0. The van der Waals surface area contributed by atoms with Crippen molar-refractivity contribution in [2.45, 2.75) is 0 Å². The zero-order valence-corrected chi connectivity index (χ0v) is 27.6. The van der Waals surface area contributed by atoms with E-state index in [4.69, 9.17) is 9.40 Å². The van der Waals surface area contributed by atoms with Crippen LogP contribution in [0.25, 0.3) is 109 Å². The van der Waals surface area contributed by atoms with Crippen LogP contribution < -0.4 is 0 Å². The molecule has 0 aliphatic carbocycles. The summed E-state index contributed by atoms with van der Waals surface area (Å²) >= 11 is 0. The number of para-hydroxylation sites is 1. The largest absolute Gasteiger partial charge is 0.455 e. The Balaban J connectivity index is 1.11. The first-order valence-electron chi connectivity index (χ1n) is 17.5.